The molecule has 0 spiro atoms. The van der Waals surface area contributed by atoms with E-state index < -0.39 is 10.0 Å². The van der Waals surface area contributed by atoms with Crippen molar-refractivity contribution in [3.63, 3.8) is 0 Å². The monoisotopic (exact) mass is 645 g/mol. The van der Waals surface area contributed by atoms with Crippen LogP contribution < -0.4 is 30.1 Å². The van der Waals surface area contributed by atoms with E-state index in [1.54, 1.807) is 24.4 Å². The Bertz CT molecular complexity index is 1790. The fraction of sp³-hybridized carbons (Fsp3) is 0.214. The number of amides is 1. The number of pyridine rings is 1. The predicted octanol–water partition coefficient (Wildman–Crippen LogP) is 5.15. The number of carbonyl (C=O) groups is 1. The van der Waals surface area contributed by atoms with Crippen LogP contribution in [0.1, 0.15) is 5.56 Å². The van der Waals surface area contributed by atoms with Gasteiger partial charge in [0, 0.05) is 36.3 Å². The standard InChI is InChI=1S/C28H29Cl2N7O5S/c1-6-21(38)34-17-9-7-8-15(2)25(17)36-28-32-14-16-12-18(22-23(29)19(41-3)13-20(42-4)24(22)30)35-27(26(16)37-28)31-10-11-33-43(5,39)40/h6-9,12-14,33H,1,10-11H2,2-5H3,(H,31,35)(H,34,38)(H,32,36,37). The predicted molar refractivity (Wildman–Crippen MR) is 171 cm³/mol. The van der Waals surface area contributed by atoms with Crippen LogP contribution in [0.5, 0.6) is 11.5 Å². The molecule has 4 N–H and O–H groups in total. The topological polar surface area (TPSA) is 156 Å². The summed E-state index contributed by atoms with van der Waals surface area (Å²) in [7, 11) is -0.461. The summed E-state index contributed by atoms with van der Waals surface area (Å²) >= 11 is 13.3. The Morgan fingerprint density at radius 3 is 2.40 bits per heavy atom. The SMILES string of the molecule is C=CC(=O)Nc1cccc(C)c1Nc1ncc2cc(-c3c(Cl)c(OC)cc(OC)c3Cl)nc(NCCNS(C)(=O)=O)c2n1. The number of halogens is 2. The van der Waals surface area contributed by atoms with Crippen molar-refractivity contribution in [3.05, 3.63) is 64.8 Å². The Morgan fingerprint density at radius 1 is 1.07 bits per heavy atom. The Morgan fingerprint density at radius 2 is 1.77 bits per heavy atom. The molecule has 2 aromatic carbocycles. The van der Waals surface area contributed by atoms with Crippen LogP contribution >= 0.6 is 23.2 Å². The number of anilines is 4. The Kier molecular flexibility index (Phi) is 9.91. The van der Waals surface area contributed by atoms with Gasteiger partial charge in [-0.15, -0.1) is 0 Å². The molecule has 0 saturated heterocycles. The molecule has 0 radical (unpaired) electrons. The largest absolute Gasteiger partial charge is 0.495 e. The molecular weight excluding hydrogens is 617 g/mol. The fourth-order valence-electron chi connectivity index (χ4n) is 4.11. The number of nitrogens with zero attached hydrogens (tertiary/aromatic N) is 3. The van der Waals surface area contributed by atoms with Crippen LogP contribution in [0.3, 0.4) is 0 Å². The zero-order valence-corrected chi connectivity index (χ0v) is 26.0. The zero-order valence-electron chi connectivity index (χ0n) is 23.7. The maximum absolute atomic E-state index is 12.0. The van der Waals surface area contributed by atoms with E-state index in [9.17, 15) is 13.2 Å². The number of aromatic nitrogens is 3. The molecule has 4 rings (SSSR count). The van der Waals surface area contributed by atoms with Crippen molar-refractivity contribution in [1.29, 1.82) is 0 Å². The van der Waals surface area contributed by atoms with Crippen molar-refractivity contribution in [2.24, 2.45) is 0 Å². The van der Waals surface area contributed by atoms with Crippen molar-refractivity contribution in [2.45, 2.75) is 6.92 Å². The minimum absolute atomic E-state index is 0.0898. The van der Waals surface area contributed by atoms with Gasteiger partial charge < -0.3 is 25.4 Å². The molecule has 1 amide bonds. The normalized spacial score (nSPS) is 11.2. The first kappa shape index (κ1) is 31.8. The van der Waals surface area contributed by atoms with Crippen LogP contribution in [-0.4, -0.2) is 62.8 Å². The Hall–Kier alpha value is -4.17. The van der Waals surface area contributed by atoms with E-state index in [0.717, 1.165) is 11.8 Å². The number of carbonyl (C=O) groups excluding carboxylic acids is 1. The maximum atomic E-state index is 12.0. The number of ether oxygens (including phenoxy) is 2. The van der Waals surface area contributed by atoms with Gasteiger partial charge in [0.25, 0.3) is 0 Å². The number of sulfonamides is 1. The zero-order chi connectivity index (χ0) is 31.3. The molecule has 43 heavy (non-hydrogen) atoms. The molecule has 226 valence electrons. The highest BCUT2D eigenvalue weighted by Crippen LogP contribution is 2.46. The average molecular weight is 647 g/mol. The summed E-state index contributed by atoms with van der Waals surface area (Å²) in [4.78, 5) is 25.9. The minimum atomic E-state index is -3.40. The summed E-state index contributed by atoms with van der Waals surface area (Å²) in [6.07, 6.45) is 3.84. The molecule has 4 aromatic rings. The van der Waals surface area contributed by atoms with E-state index >= 15 is 0 Å². The fourth-order valence-corrected chi connectivity index (χ4v) is 5.28. The molecule has 15 heteroatoms. The van der Waals surface area contributed by atoms with Gasteiger partial charge in [0.2, 0.25) is 21.9 Å². The van der Waals surface area contributed by atoms with Gasteiger partial charge in [-0.3, -0.25) is 4.79 Å². The van der Waals surface area contributed by atoms with Gasteiger partial charge in [-0.25, -0.2) is 28.1 Å². The van der Waals surface area contributed by atoms with Gasteiger partial charge >= 0.3 is 0 Å². The molecule has 0 atom stereocenters. The molecule has 0 fully saturated rings. The van der Waals surface area contributed by atoms with Crippen LogP contribution in [0.2, 0.25) is 10.0 Å². The van der Waals surface area contributed by atoms with Gasteiger partial charge in [-0.1, -0.05) is 41.9 Å². The van der Waals surface area contributed by atoms with Crippen LogP contribution in [0, 0.1) is 6.92 Å². The third kappa shape index (κ3) is 7.43. The lowest BCUT2D eigenvalue weighted by Crippen LogP contribution is -2.27. The lowest BCUT2D eigenvalue weighted by molar-refractivity contribution is -0.111. The third-order valence-electron chi connectivity index (χ3n) is 6.13. The number of para-hydroxylation sites is 1. The van der Waals surface area contributed by atoms with Crippen LogP contribution in [0.15, 0.2) is 49.2 Å². The van der Waals surface area contributed by atoms with Gasteiger partial charge in [0.15, 0.2) is 5.82 Å². The van der Waals surface area contributed by atoms with Gasteiger partial charge in [0.1, 0.15) is 17.0 Å². The van der Waals surface area contributed by atoms with E-state index in [0.29, 0.717) is 50.9 Å². The van der Waals surface area contributed by atoms with Crippen molar-refractivity contribution in [1.82, 2.24) is 19.7 Å². The lowest BCUT2D eigenvalue weighted by Gasteiger charge is -2.17. The number of benzene rings is 2. The second-order valence-corrected chi connectivity index (χ2v) is 11.8. The molecule has 0 bridgehead atoms. The summed E-state index contributed by atoms with van der Waals surface area (Å²) in [5.41, 5.74) is 3.10. The number of hydrogen-bond donors (Lipinski definition) is 4. The van der Waals surface area contributed by atoms with Crippen molar-refractivity contribution in [2.75, 3.05) is 49.5 Å². The molecule has 0 aliphatic rings. The first-order valence-electron chi connectivity index (χ1n) is 12.7. The first-order chi connectivity index (χ1) is 20.4. The molecule has 0 aliphatic heterocycles. The summed E-state index contributed by atoms with van der Waals surface area (Å²) in [6.45, 7) is 5.65. The molecular formula is C28H29Cl2N7O5S. The van der Waals surface area contributed by atoms with Gasteiger partial charge in [-0.05, 0) is 30.7 Å². The second-order valence-electron chi connectivity index (χ2n) is 9.18. The van der Waals surface area contributed by atoms with Crippen LogP contribution in [0.25, 0.3) is 22.2 Å². The quantitative estimate of drug-likeness (QED) is 0.120. The van der Waals surface area contributed by atoms with E-state index in [1.165, 1.54) is 20.3 Å². The van der Waals surface area contributed by atoms with Crippen molar-refractivity contribution < 1.29 is 22.7 Å². The third-order valence-corrected chi connectivity index (χ3v) is 7.61. The molecule has 0 unspecified atom stereocenters. The number of hydrogen-bond acceptors (Lipinski definition) is 10. The summed E-state index contributed by atoms with van der Waals surface area (Å²) in [5.74, 6) is 0.833. The average Bonchev–Trinajstić information content (AvgIpc) is 2.96. The Labute approximate surface area is 258 Å². The second kappa shape index (κ2) is 13.4. The van der Waals surface area contributed by atoms with E-state index in [2.05, 4.69) is 32.2 Å². The van der Waals surface area contributed by atoms with Crippen molar-refractivity contribution >= 4 is 73.2 Å². The van der Waals surface area contributed by atoms with E-state index in [-0.39, 0.29) is 35.0 Å². The summed E-state index contributed by atoms with van der Waals surface area (Å²) in [6, 6.07) is 8.71. The number of aryl methyl sites for hydroxylation is 1. The number of methoxy groups -OCH3 is 2. The highest BCUT2D eigenvalue weighted by molar-refractivity contribution is 7.88. The molecule has 2 heterocycles. The number of fused-ring (bicyclic) bond motifs is 1. The summed E-state index contributed by atoms with van der Waals surface area (Å²) < 4.78 is 36.4. The molecule has 12 nitrogen and oxygen atoms in total. The molecule has 0 aliphatic carbocycles. The highest BCUT2D eigenvalue weighted by atomic mass is 35.5. The first-order valence-corrected chi connectivity index (χ1v) is 15.4. The maximum Gasteiger partial charge on any atom is 0.247 e. The van der Waals surface area contributed by atoms with Gasteiger partial charge in [0.05, 0.1) is 47.6 Å². The minimum Gasteiger partial charge on any atom is -0.495 e. The van der Waals surface area contributed by atoms with E-state index in [4.69, 9.17) is 42.6 Å². The lowest BCUT2D eigenvalue weighted by atomic mass is 10.1. The van der Waals surface area contributed by atoms with Gasteiger partial charge in [-0.2, -0.15) is 0 Å². The summed E-state index contributed by atoms with van der Waals surface area (Å²) in [5, 5.41) is 10.1. The number of rotatable bonds is 12. The number of nitrogens with one attached hydrogen (secondary N) is 4. The molecule has 0 saturated carbocycles. The highest BCUT2D eigenvalue weighted by Gasteiger charge is 2.22. The van der Waals surface area contributed by atoms with E-state index in [1.807, 2.05) is 19.1 Å². The van der Waals surface area contributed by atoms with Crippen LogP contribution in [0.4, 0.5) is 23.1 Å². The van der Waals surface area contributed by atoms with Crippen molar-refractivity contribution in [3.8, 4) is 22.8 Å². The smallest absolute Gasteiger partial charge is 0.247 e. The van der Waals surface area contributed by atoms with Crippen LogP contribution in [-0.2, 0) is 14.8 Å². The Balaban J connectivity index is 1.83. The molecule has 2 aromatic heterocycles.